The summed E-state index contributed by atoms with van der Waals surface area (Å²) in [6.07, 6.45) is 0. The molecule has 5 heteroatoms. The van der Waals surface area contributed by atoms with E-state index < -0.39 is 16.6 Å². The Morgan fingerprint density at radius 2 is 2.00 bits per heavy atom. The Morgan fingerprint density at radius 1 is 1.25 bits per heavy atom. The quantitative estimate of drug-likeness (QED) is 0.882. The number of benzene rings is 2. The van der Waals surface area contributed by atoms with E-state index in [2.05, 4.69) is 0 Å². The molecule has 0 saturated heterocycles. The topological polar surface area (TPSA) is 52.3 Å². The highest BCUT2D eigenvalue weighted by molar-refractivity contribution is 7.84. The molecule has 20 heavy (non-hydrogen) atoms. The Hall–Kier alpha value is -1.88. The Balaban J connectivity index is 2.30. The normalized spacial score (nSPS) is 12.2. The van der Waals surface area contributed by atoms with E-state index in [-0.39, 0.29) is 10.6 Å². The first-order valence-corrected chi connectivity index (χ1v) is 7.40. The minimum atomic E-state index is -1.48. The number of rotatable bonds is 4. The average molecular weight is 293 g/mol. The maximum absolute atomic E-state index is 13.8. The van der Waals surface area contributed by atoms with Gasteiger partial charge in [0.1, 0.15) is 11.6 Å². The van der Waals surface area contributed by atoms with Crippen LogP contribution >= 0.6 is 0 Å². The van der Waals surface area contributed by atoms with Crippen molar-refractivity contribution in [2.75, 3.05) is 12.8 Å². The van der Waals surface area contributed by atoms with Crippen LogP contribution in [0.4, 0.5) is 10.1 Å². The molecule has 2 aromatic rings. The van der Waals surface area contributed by atoms with E-state index in [0.717, 1.165) is 11.1 Å². The highest BCUT2D eigenvalue weighted by Crippen LogP contribution is 2.24. The summed E-state index contributed by atoms with van der Waals surface area (Å²) in [5, 5.41) is 0. The smallest absolute Gasteiger partial charge is 0.141 e. The van der Waals surface area contributed by atoms with E-state index in [4.69, 9.17) is 10.5 Å². The summed E-state index contributed by atoms with van der Waals surface area (Å²) >= 11 is 0. The van der Waals surface area contributed by atoms with Crippen LogP contribution in [0.25, 0.3) is 0 Å². The van der Waals surface area contributed by atoms with E-state index in [9.17, 15) is 8.60 Å². The van der Waals surface area contributed by atoms with Crippen LogP contribution in [-0.2, 0) is 16.6 Å². The molecule has 2 aromatic carbocycles. The molecule has 0 aliphatic rings. The van der Waals surface area contributed by atoms with E-state index in [1.54, 1.807) is 13.2 Å². The molecular weight excluding hydrogens is 277 g/mol. The van der Waals surface area contributed by atoms with Crippen molar-refractivity contribution in [1.82, 2.24) is 0 Å². The number of anilines is 1. The first-order chi connectivity index (χ1) is 9.51. The lowest BCUT2D eigenvalue weighted by Gasteiger charge is -2.10. The standard InChI is InChI=1S/C15H16FNO2S/c1-10-3-5-14(19-2)11(7-10)9-20(18)15-6-4-12(17)8-13(15)16/h3-8H,9,17H2,1-2H3. The fourth-order valence-corrected chi connectivity index (χ4v) is 3.10. The van der Waals surface area contributed by atoms with Crippen molar-refractivity contribution in [3.8, 4) is 5.75 Å². The number of hydrogen-bond acceptors (Lipinski definition) is 3. The first kappa shape index (κ1) is 14.5. The second-order valence-electron chi connectivity index (χ2n) is 4.50. The minimum absolute atomic E-state index is 0.155. The van der Waals surface area contributed by atoms with E-state index in [0.29, 0.717) is 11.4 Å². The maximum Gasteiger partial charge on any atom is 0.141 e. The van der Waals surface area contributed by atoms with Gasteiger partial charge in [0.2, 0.25) is 0 Å². The lowest BCUT2D eigenvalue weighted by molar-refractivity contribution is 0.411. The zero-order chi connectivity index (χ0) is 14.7. The Labute approximate surface area is 120 Å². The minimum Gasteiger partial charge on any atom is -0.496 e. The van der Waals surface area contributed by atoms with Gasteiger partial charge in [-0.3, -0.25) is 4.21 Å². The highest BCUT2D eigenvalue weighted by atomic mass is 32.2. The van der Waals surface area contributed by atoms with E-state index in [1.807, 2.05) is 25.1 Å². The molecular formula is C15H16FNO2S. The molecule has 1 atom stereocenters. The highest BCUT2D eigenvalue weighted by Gasteiger charge is 2.13. The van der Waals surface area contributed by atoms with E-state index >= 15 is 0 Å². The summed E-state index contributed by atoms with van der Waals surface area (Å²) in [4.78, 5) is 0.155. The van der Waals surface area contributed by atoms with Gasteiger partial charge in [0.15, 0.2) is 0 Å². The molecule has 0 spiro atoms. The maximum atomic E-state index is 13.8. The fourth-order valence-electron chi connectivity index (χ4n) is 1.94. The summed E-state index contributed by atoms with van der Waals surface area (Å²) in [7, 11) is 0.0715. The van der Waals surface area contributed by atoms with Gasteiger partial charge >= 0.3 is 0 Å². The van der Waals surface area contributed by atoms with Crippen LogP contribution < -0.4 is 10.5 Å². The summed E-state index contributed by atoms with van der Waals surface area (Å²) < 4.78 is 31.3. The van der Waals surface area contributed by atoms with Gasteiger partial charge in [-0.1, -0.05) is 17.7 Å². The number of hydrogen-bond donors (Lipinski definition) is 1. The lowest BCUT2D eigenvalue weighted by Crippen LogP contribution is -2.02. The van der Waals surface area contributed by atoms with Crippen LogP contribution in [0.1, 0.15) is 11.1 Å². The molecule has 0 heterocycles. The number of nitrogen functional groups attached to an aromatic ring is 1. The summed E-state index contributed by atoms with van der Waals surface area (Å²) in [5.74, 6) is 0.306. The van der Waals surface area contributed by atoms with Gasteiger partial charge in [-0.05, 0) is 31.2 Å². The molecule has 0 saturated carbocycles. The van der Waals surface area contributed by atoms with Crippen LogP contribution in [-0.4, -0.2) is 11.3 Å². The Morgan fingerprint density at radius 3 is 2.65 bits per heavy atom. The van der Waals surface area contributed by atoms with Gasteiger partial charge in [-0.25, -0.2) is 4.39 Å². The van der Waals surface area contributed by atoms with Gasteiger partial charge in [-0.15, -0.1) is 0 Å². The largest absolute Gasteiger partial charge is 0.496 e. The summed E-state index contributed by atoms with van der Waals surface area (Å²) in [6.45, 7) is 1.94. The summed E-state index contributed by atoms with van der Waals surface area (Å²) in [6, 6.07) is 9.82. The van der Waals surface area contributed by atoms with Gasteiger partial charge in [0.05, 0.1) is 28.6 Å². The third kappa shape index (κ3) is 3.17. The first-order valence-electron chi connectivity index (χ1n) is 6.08. The lowest BCUT2D eigenvalue weighted by atomic mass is 10.1. The fraction of sp³-hybridized carbons (Fsp3) is 0.200. The van der Waals surface area contributed by atoms with E-state index in [1.165, 1.54) is 12.1 Å². The molecule has 0 fully saturated rings. The van der Waals surface area contributed by atoms with Gasteiger partial charge < -0.3 is 10.5 Å². The molecule has 0 aliphatic carbocycles. The van der Waals surface area contributed by atoms with Crippen molar-refractivity contribution in [3.63, 3.8) is 0 Å². The summed E-state index contributed by atoms with van der Waals surface area (Å²) in [5.41, 5.74) is 7.63. The van der Waals surface area contributed by atoms with Gasteiger partial charge in [-0.2, -0.15) is 0 Å². The second kappa shape index (κ2) is 6.05. The van der Waals surface area contributed by atoms with Crippen LogP contribution in [0, 0.1) is 12.7 Å². The third-order valence-electron chi connectivity index (χ3n) is 2.92. The number of halogens is 1. The van der Waals surface area contributed by atoms with Crippen LogP contribution in [0.15, 0.2) is 41.3 Å². The molecule has 0 radical (unpaired) electrons. The number of methoxy groups -OCH3 is 1. The Bertz CT molecular complexity index is 658. The number of ether oxygens (including phenoxy) is 1. The monoisotopic (exact) mass is 293 g/mol. The molecule has 106 valence electrons. The molecule has 2 rings (SSSR count). The molecule has 0 bridgehead atoms. The SMILES string of the molecule is COc1ccc(C)cc1CS(=O)c1ccc(N)cc1F. The molecule has 3 nitrogen and oxygen atoms in total. The molecule has 0 aliphatic heterocycles. The predicted molar refractivity (Wildman–Crippen MR) is 78.7 cm³/mol. The second-order valence-corrected chi connectivity index (χ2v) is 5.91. The molecule has 2 N–H and O–H groups in total. The zero-order valence-electron chi connectivity index (χ0n) is 11.4. The van der Waals surface area contributed by atoms with Crippen molar-refractivity contribution in [1.29, 1.82) is 0 Å². The molecule has 0 amide bonds. The van der Waals surface area contributed by atoms with Crippen LogP contribution in [0.3, 0.4) is 0 Å². The predicted octanol–water partition coefficient (Wildman–Crippen LogP) is 3.03. The van der Waals surface area contributed by atoms with Crippen molar-refractivity contribution in [3.05, 3.63) is 53.3 Å². The van der Waals surface area contributed by atoms with Crippen molar-refractivity contribution >= 4 is 16.5 Å². The average Bonchev–Trinajstić information content (AvgIpc) is 2.38. The van der Waals surface area contributed by atoms with Gasteiger partial charge in [0, 0.05) is 11.3 Å². The molecule has 0 aromatic heterocycles. The third-order valence-corrected chi connectivity index (χ3v) is 4.32. The molecule has 1 unspecified atom stereocenters. The van der Waals surface area contributed by atoms with Crippen LogP contribution in [0.2, 0.25) is 0 Å². The van der Waals surface area contributed by atoms with Crippen molar-refractivity contribution in [2.45, 2.75) is 17.6 Å². The number of aryl methyl sites for hydroxylation is 1. The van der Waals surface area contributed by atoms with Crippen molar-refractivity contribution in [2.24, 2.45) is 0 Å². The van der Waals surface area contributed by atoms with Crippen molar-refractivity contribution < 1.29 is 13.3 Å². The zero-order valence-corrected chi connectivity index (χ0v) is 12.2. The number of nitrogens with two attached hydrogens (primary N) is 1. The van der Waals surface area contributed by atoms with Gasteiger partial charge in [0.25, 0.3) is 0 Å². The Kier molecular flexibility index (Phi) is 4.39. The van der Waals surface area contributed by atoms with Crippen LogP contribution in [0.5, 0.6) is 5.75 Å².